The van der Waals surface area contributed by atoms with Gasteiger partial charge in [-0.25, -0.2) is 19.7 Å². The first-order chi connectivity index (χ1) is 47.9. The van der Waals surface area contributed by atoms with Crippen molar-refractivity contribution in [3.05, 3.63) is 103 Å². The Kier molecular flexibility index (Phi) is 38.6. The van der Waals surface area contributed by atoms with Gasteiger partial charge in [0, 0.05) is 22.8 Å². The number of carbonyl (C=O) groups is 1. The molecule has 11 heteroatoms. The molecule has 5 aromatic carbocycles. The van der Waals surface area contributed by atoms with E-state index >= 15 is 0 Å². The van der Waals surface area contributed by atoms with Crippen LogP contribution in [0.25, 0.3) is 56.1 Å². The van der Waals surface area contributed by atoms with Gasteiger partial charge in [-0.1, -0.05) is 272 Å². The third-order valence-corrected chi connectivity index (χ3v) is 18.8. The van der Waals surface area contributed by atoms with Crippen LogP contribution in [-0.2, 0) is 0 Å². The number of hydrogen-bond acceptors (Lipinski definition) is 11. The van der Waals surface area contributed by atoms with Gasteiger partial charge in [-0.15, -0.1) is 0 Å². The molecule has 97 heavy (non-hydrogen) atoms. The molecule has 0 radical (unpaired) electrons. The number of fused-ring (bicyclic) bond motifs is 2. The summed E-state index contributed by atoms with van der Waals surface area (Å²) < 4.78 is 44.9. The summed E-state index contributed by atoms with van der Waals surface area (Å²) >= 11 is 0. The Hall–Kier alpha value is -6.62. The number of benzene rings is 5. The van der Waals surface area contributed by atoms with E-state index in [1.165, 1.54) is 205 Å². The summed E-state index contributed by atoms with van der Waals surface area (Å²) in [5.41, 5.74) is 6.71. The van der Waals surface area contributed by atoms with Gasteiger partial charge in [0.2, 0.25) is 5.89 Å². The second-order valence-electron chi connectivity index (χ2n) is 27.3. The van der Waals surface area contributed by atoms with Crippen molar-refractivity contribution < 1.29 is 37.6 Å². The van der Waals surface area contributed by atoms with Crippen LogP contribution >= 0.6 is 0 Å². The minimum atomic E-state index is -0.510. The highest BCUT2D eigenvalue weighted by Gasteiger charge is 2.21. The summed E-state index contributed by atoms with van der Waals surface area (Å²) in [5, 5.41) is 0. The zero-order chi connectivity index (χ0) is 68.0. The molecule has 0 saturated heterocycles. The monoisotopic (exact) mass is 1330 g/mol. The smallest absolute Gasteiger partial charge is 0.343 e. The highest BCUT2D eigenvalue weighted by Crippen LogP contribution is 2.41. The molecule has 2 heterocycles. The van der Waals surface area contributed by atoms with Crippen LogP contribution in [0.5, 0.6) is 34.5 Å². The number of nitrogens with zero attached hydrogens (tertiary/aromatic N) is 3. The van der Waals surface area contributed by atoms with Crippen LogP contribution < -0.4 is 28.4 Å². The molecule has 11 nitrogen and oxygen atoms in total. The van der Waals surface area contributed by atoms with Gasteiger partial charge in [-0.2, -0.15) is 0 Å². The quantitative estimate of drug-likeness (QED) is 0.0206. The zero-order valence-corrected chi connectivity index (χ0v) is 61.1. The molecule has 0 unspecified atom stereocenters. The number of ether oxygens (including phenoxy) is 6. The third kappa shape index (κ3) is 29.4. The molecule has 7 rings (SSSR count). The normalized spacial score (nSPS) is 11.5. The highest BCUT2D eigenvalue weighted by molar-refractivity contribution is 5.96. The molecule has 0 spiro atoms. The Bertz CT molecular complexity index is 3230. The molecule has 0 bridgehead atoms. The maximum Gasteiger partial charge on any atom is 0.343 e. The maximum atomic E-state index is 14.2. The van der Waals surface area contributed by atoms with Crippen molar-refractivity contribution in [2.45, 2.75) is 304 Å². The van der Waals surface area contributed by atoms with Crippen LogP contribution in [-0.4, -0.2) is 54.0 Å². The van der Waals surface area contributed by atoms with Gasteiger partial charge in [0.1, 0.15) is 17.0 Å². The summed E-state index contributed by atoms with van der Waals surface area (Å²) in [7, 11) is 0. The van der Waals surface area contributed by atoms with Gasteiger partial charge in [0.25, 0.3) is 0 Å². The summed E-state index contributed by atoms with van der Waals surface area (Å²) in [5.74, 6) is 4.01. The molecule has 0 aliphatic carbocycles. The Morgan fingerprint density at radius 2 is 0.649 bits per heavy atom. The van der Waals surface area contributed by atoms with E-state index in [2.05, 4.69) is 65.0 Å². The molecule has 0 fully saturated rings. The molecule has 0 amide bonds. The largest absolute Gasteiger partial charge is 0.493 e. The van der Waals surface area contributed by atoms with Gasteiger partial charge in [0.15, 0.2) is 28.6 Å². The minimum absolute atomic E-state index is 0.350. The summed E-state index contributed by atoms with van der Waals surface area (Å²) in [6.45, 7) is 14.4. The van der Waals surface area contributed by atoms with E-state index in [0.717, 1.165) is 104 Å². The fourth-order valence-corrected chi connectivity index (χ4v) is 12.7. The molecule has 0 N–H and O–H groups in total. The minimum Gasteiger partial charge on any atom is -0.493 e. The summed E-state index contributed by atoms with van der Waals surface area (Å²) in [4.78, 5) is 29.8. The molecule has 0 aliphatic rings. The van der Waals surface area contributed by atoms with Crippen molar-refractivity contribution in [1.29, 1.82) is 0 Å². The lowest BCUT2D eigenvalue weighted by Gasteiger charge is -2.17. The van der Waals surface area contributed by atoms with Crippen molar-refractivity contribution in [3.63, 3.8) is 0 Å². The van der Waals surface area contributed by atoms with Crippen molar-refractivity contribution in [1.82, 2.24) is 15.0 Å². The van der Waals surface area contributed by atoms with Crippen LogP contribution in [0.2, 0.25) is 0 Å². The number of aromatic nitrogens is 3. The Balaban J connectivity index is 1.15. The van der Waals surface area contributed by atoms with Gasteiger partial charge in [0.05, 0.1) is 61.0 Å². The lowest BCUT2D eigenvalue weighted by molar-refractivity contribution is 0.0735. The lowest BCUT2D eigenvalue weighted by atomic mass is 10.0. The second kappa shape index (κ2) is 48.2. The summed E-state index contributed by atoms with van der Waals surface area (Å²) in [6, 6.07) is 30.8. The van der Waals surface area contributed by atoms with Crippen LogP contribution in [0.4, 0.5) is 0 Å². The second-order valence-corrected chi connectivity index (χ2v) is 27.3. The molecular weight excluding hydrogens is 1200 g/mol. The fraction of sp³-hybridized carbons (Fsp3) is 0.605. The van der Waals surface area contributed by atoms with E-state index in [1.54, 1.807) is 24.3 Å². The van der Waals surface area contributed by atoms with E-state index in [0.29, 0.717) is 89.7 Å². The van der Waals surface area contributed by atoms with Gasteiger partial charge >= 0.3 is 5.97 Å². The standard InChI is InChI=1S/C86H125N3O8/c1-6-11-16-20-24-28-32-36-40-44-61-92-78-58-51-70(66-81(78)94-63-46-42-38-34-30-26-22-18-13-8-3)83-84(71-52-59-79(93-62-45-41-37-33-29-25-21-17-12-7-2)82(67-71)95-64-47-43-39-35-31-27-23-19-14-9-4)88-77-65-72(50-56-75(77)87-83)86(90)96-73-53-48-69(49-54-73)85-89-76-57-55-74(68-80(76)97-85)91-60-15-10-5/h48-59,65-68H,6-47,60-64H2,1-5H3. The molecule has 2 aromatic heterocycles. The first-order valence-electron chi connectivity index (χ1n) is 39.4. The first-order valence-corrected chi connectivity index (χ1v) is 39.4. The Morgan fingerprint density at radius 3 is 1.07 bits per heavy atom. The average Bonchev–Trinajstić information content (AvgIpc) is 1.29. The SMILES string of the molecule is CCCCCCCCCCCCOc1ccc(-c2nc3ccc(C(=O)Oc4ccc(-c5nc6ccc(OCCCC)cc6o5)cc4)cc3nc2-c2ccc(OCCCCCCCCCCCC)c(OCCCCCCCCCCCC)c2)cc1OCCCCCCCCCCCC. The molecule has 0 atom stereocenters. The van der Waals surface area contributed by atoms with Crippen molar-refractivity contribution in [2.24, 2.45) is 0 Å². The number of unbranched alkanes of at least 4 members (excludes halogenated alkanes) is 37. The third-order valence-electron chi connectivity index (χ3n) is 18.8. The highest BCUT2D eigenvalue weighted by atomic mass is 16.5. The molecular formula is C86H125N3O8. The van der Waals surface area contributed by atoms with E-state index < -0.39 is 5.97 Å². The van der Waals surface area contributed by atoms with Gasteiger partial charge in [-0.05, 0) is 123 Å². The number of hydrogen-bond donors (Lipinski definition) is 0. The predicted octanol–water partition coefficient (Wildman–Crippen LogP) is 26.4. The van der Waals surface area contributed by atoms with Crippen LogP contribution in [0.1, 0.15) is 315 Å². The number of carbonyl (C=O) groups excluding carboxylic acids is 1. The zero-order valence-electron chi connectivity index (χ0n) is 61.1. The first kappa shape index (κ1) is 77.7. The molecule has 7 aromatic rings. The summed E-state index contributed by atoms with van der Waals surface area (Å²) in [6.07, 6.45) is 52.4. The number of oxazole rings is 1. The van der Waals surface area contributed by atoms with E-state index in [9.17, 15) is 4.79 Å². The molecule has 0 saturated carbocycles. The number of esters is 1. The van der Waals surface area contributed by atoms with E-state index in [4.69, 9.17) is 47.8 Å². The van der Waals surface area contributed by atoms with Gasteiger partial charge < -0.3 is 32.8 Å². The van der Waals surface area contributed by atoms with E-state index in [-0.39, 0.29) is 0 Å². The van der Waals surface area contributed by atoms with Crippen molar-refractivity contribution in [2.75, 3.05) is 33.0 Å². The van der Waals surface area contributed by atoms with Gasteiger partial charge in [-0.3, -0.25) is 0 Å². The van der Waals surface area contributed by atoms with Crippen molar-refractivity contribution >= 4 is 28.1 Å². The molecule has 0 aliphatic heterocycles. The van der Waals surface area contributed by atoms with Crippen LogP contribution in [0, 0.1) is 0 Å². The van der Waals surface area contributed by atoms with Crippen LogP contribution in [0.15, 0.2) is 101 Å². The maximum absolute atomic E-state index is 14.2. The van der Waals surface area contributed by atoms with Crippen LogP contribution in [0.3, 0.4) is 0 Å². The Labute approximate surface area is 586 Å². The van der Waals surface area contributed by atoms with E-state index in [1.807, 2.05) is 42.5 Å². The average molecular weight is 1330 g/mol. The van der Waals surface area contributed by atoms with Crippen molar-refractivity contribution in [3.8, 4) is 68.5 Å². The lowest BCUT2D eigenvalue weighted by Crippen LogP contribution is -2.09. The molecule has 532 valence electrons. The number of rotatable bonds is 57. The fourth-order valence-electron chi connectivity index (χ4n) is 12.7. The topological polar surface area (TPSA) is 124 Å². The Morgan fingerprint density at radius 1 is 0.299 bits per heavy atom. The predicted molar refractivity (Wildman–Crippen MR) is 405 cm³/mol.